The fourth-order valence-corrected chi connectivity index (χ4v) is 1.98. The van der Waals surface area contributed by atoms with E-state index in [4.69, 9.17) is 0 Å². The minimum absolute atomic E-state index is 0.0267. The van der Waals surface area contributed by atoms with E-state index in [-0.39, 0.29) is 11.9 Å². The molecule has 0 saturated heterocycles. The third kappa shape index (κ3) is 7.17. The number of guanidine groups is 1. The van der Waals surface area contributed by atoms with Crippen LogP contribution in [0.25, 0.3) is 0 Å². The van der Waals surface area contributed by atoms with Gasteiger partial charge in [0.15, 0.2) is 5.96 Å². The van der Waals surface area contributed by atoms with Gasteiger partial charge in [-0.25, -0.2) is 4.99 Å². The van der Waals surface area contributed by atoms with Crippen molar-refractivity contribution in [2.24, 2.45) is 4.99 Å². The Kier molecular flexibility index (Phi) is 8.80. The van der Waals surface area contributed by atoms with Crippen LogP contribution in [0.15, 0.2) is 29.3 Å². The minimum atomic E-state index is -0.0267. The van der Waals surface area contributed by atoms with Crippen LogP contribution in [-0.4, -0.2) is 31.0 Å². The van der Waals surface area contributed by atoms with E-state index in [2.05, 4.69) is 34.8 Å². The van der Waals surface area contributed by atoms with Gasteiger partial charge in [0.25, 0.3) is 5.91 Å². The van der Waals surface area contributed by atoms with Gasteiger partial charge in [0.1, 0.15) is 0 Å². The summed E-state index contributed by atoms with van der Waals surface area (Å²) >= 11 is 0. The van der Waals surface area contributed by atoms with Crippen molar-refractivity contribution in [3.8, 4) is 0 Å². The normalized spacial score (nSPS) is 12.6. The number of nitrogens with zero attached hydrogens (tertiary/aromatic N) is 1. The summed E-state index contributed by atoms with van der Waals surface area (Å²) in [7, 11) is 0. The molecule has 0 aliphatic heterocycles. The van der Waals surface area contributed by atoms with Crippen molar-refractivity contribution < 1.29 is 4.79 Å². The maximum Gasteiger partial charge on any atom is 0.251 e. The molecular weight excluding hydrogens is 288 g/mol. The number of carbonyl (C=O) groups is 1. The van der Waals surface area contributed by atoms with E-state index in [0.717, 1.165) is 37.5 Å². The molecule has 1 rings (SSSR count). The second-order valence-corrected chi connectivity index (χ2v) is 5.61. The van der Waals surface area contributed by atoms with Crippen LogP contribution in [0.5, 0.6) is 0 Å². The Morgan fingerprint density at radius 1 is 1.22 bits per heavy atom. The molecule has 1 atom stereocenters. The summed E-state index contributed by atoms with van der Waals surface area (Å²) in [6, 6.07) is 7.83. The fourth-order valence-electron chi connectivity index (χ4n) is 1.98. The molecule has 0 saturated carbocycles. The number of hydrogen-bond donors (Lipinski definition) is 3. The second-order valence-electron chi connectivity index (χ2n) is 5.61. The molecule has 1 aromatic carbocycles. The first-order valence-electron chi connectivity index (χ1n) is 8.52. The monoisotopic (exact) mass is 318 g/mol. The zero-order valence-electron chi connectivity index (χ0n) is 14.8. The van der Waals surface area contributed by atoms with Gasteiger partial charge in [-0.1, -0.05) is 26.0 Å². The van der Waals surface area contributed by atoms with Crippen molar-refractivity contribution >= 4 is 11.9 Å². The largest absolute Gasteiger partial charge is 0.357 e. The first-order valence-corrected chi connectivity index (χ1v) is 8.52. The zero-order chi connectivity index (χ0) is 17.1. The van der Waals surface area contributed by atoms with Gasteiger partial charge < -0.3 is 16.0 Å². The molecular formula is C18H30N4O. The molecule has 5 heteroatoms. The Morgan fingerprint density at radius 2 is 2.00 bits per heavy atom. The van der Waals surface area contributed by atoms with Crippen LogP contribution in [0.1, 0.15) is 56.5 Å². The van der Waals surface area contributed by atoms with Gasteiger partial charge in [-0.15, -0.1) is 0 Å². The van der Waals surface area contributed by atoms with E-state index in [1.807, 2.05) is 38.1 Å². The molecule has 5 nitrogen and oxygen atoms in total. The topological polar surface area (TPSA) is 65.5 Å². The summed E-state index contributed by atoms with van der Waals surface area (Å²) in [5, 5.41) is 9.48. The Morgan fingerprint density at radius 3 is 2.65 bits per heavy atom. The highest BCUT2D eigenvalue weighted by molar-refractivity contribution is 5.94. The predicted octanol–water partition coefficient (Wildman–Crippen LogP) is 2.68. The molecule has 1 unspecified atom stereocenters. The Hall–Kier alpha value is -2.04. The molecule has 0 heterocycles. The Bertz CT molecular complexity index is 513. The van der Waals surface area contributed by atoms with Crippen molar-refractivity contribution in [1.29, 1.82) is 0 Å². The molecule has 0 spiro atoms. The van der Waals surface area contributed by atoms with E-state index in [0.29, 0.717) is 12.1 Å². The lowest BCUT2D eigenvalue weighted by Crippen LogP contribution is -2.37. The van der Waals surface area contributed by atoms with E-state index < -0.39 is 0 Å². The highest BCUT2D eigenvalue weighted by Crippen LogP contribution is 2.07. The number of nitrogens with one attached hydrogen (secondary N) is 3. The van der Waals surface area contributed by atoms with Crippen LogP contribution in [0, 0.1) is 0 Å². The van der Waals surface area contributed by atoms with Crippen LogP contribution in [-0.2, 0) is 6.54 Å². The number of carbonyl (C=O) groups excluding carboxylic acids is 1. The fraction of sp³-hybridized carbons (Fsp3) is 0.556. The molecule has 1 aromatic rings. The minimum Gasteiger partial charge on any atom is -0.357 e. The molecule has 0 bridgehead atoms. The smallest absolute Gasteiger partial charge is 0.251 e. The number of amides is 1. The predicted molar refractivity (Wildman–Crippen MR) is 96.8 cm³/mol. The lowest BCUT2D eigenvalue weighted by molar-refractivity contribution is 0.0939. The maximum absolute atomic E-state index is 12.2. The van der Waals surface area contributed by atoms with Crippen LogP contribution >= 0.6 is 0 Å². The third-order valence-corrected chi connectivity index (χ3v) is 3.49. The molecule has 0 radical (unpaired) electrons. The highest BCUT2D eigenvalue weighted by atomic mass is 16.1. The van der Waals surface area contributed by atoms with Crippen molar-refractivity contribution in [2.75, 3.05) is 13.1 Å². The molecule has 0 aliphatic rings. The highest BCUT2D eigenvalue weighted by Gasteiger charge is 2.08. The molecule has 0 aliphatic carbocycles. The number of hydrogen-bond acceptors (Lipinski definition) is 2. The van der Waals surface area contributed by atoms with Crippen LogP contribution in [0.4, 0.5) is 0 Å². The average molecular weight is 318 g/mol. The first kappa shape index (κ1) is 19.0. The standard InChI is InChI=1S/C18H30N4O/c1-5-11-20-18(19-7-3)21-13-15-9-8-10-16(12-15)17(23)22-14(4)6-2/h8-10,12,14H,5-7,11,13H2,1-4H3,(H,22,23)(H2,19,20,21). The van der Waals surface area contributed by atoms with Crippen LogP contribution < -0.4 is 16.0 Å². The zero-order valence-corrected chi connectivity index (χ0v) is 14.8. The lowest BCUT2D eigenvalue weighted by Gasteiger charge is -2.12. The Balaban J connectivity index is 2.73. The summed E-state index contributed by atoms with van der Waals surface area (Å²) in [6.07, 6.45) is 1.97. The van der Waals surface area contributed by atoms with E-state index in [9.17, 15) is 4.79 Å². The molecule has 0 fully saturated rings. The molecule has 0 aromatic heterocycles. The van der Waals surface area contributed by atoms with Crippen LogP contribution in [0.2, 0.25) is 0 Å². The number of benzene rings is 1. The van der Waals surface area contributed by atoms with E-state index in [1.165, 1.54) is 0 Å². The Labute approximate surface area is 140 Å². The summed E-state index contributed by atoms with van der Waals surface area (Å²) in [4.78, 5) is 16.7. The lowest BCUT2D eigenvalue weighted by atomic mass is 10.1. The van der Waals surface area contributed by atoms with Gasteiger partial charge >= 0.3 is 0 Å². The SMILES string of the molecule is CCCNC(=NCc1cccc(C(=O)NC(C)CC)c1)NCC. The summed E-state index contributed by atoms with van der Waals surface area (Å²) in [6.45, 7) is 10.5. The van der Waals surface area contributed by atoms with Crippen molar-refractivity contribution in [1.82, 2.24) is 16.0 Å². The van der Waals surface area contributed by atoms with Crippen molar-refractivity contribution in [2.45, 2.75) is 53.1 Å². The number of rotatable bonds is 8. The summed E-state index contributed by atoms with van der Waals surface area (Å²) < 4.78 is 0. The summed E-state index contributed by atoms with van der Waals surface area (Å²) in [5.74, 6) is 0.782. The van der Waals surface area contributed by atoms with E-state index >= 15 is 0 Å². The van der Waals surface area contributed by atoms with Gasteiger partial charge in [-0.2, -0.15) is 0 Å². The average Bonchev–Trinajstić information content (AvgIpc) is 2.57. The summed E-state index contributed by atoms with van der Waals surface area (Å²) in [5.41, 5.74) is 1.71. The van der Waals surface area contributed by atoms with Gasteiger partial charge in [-0.3, -0.25) is 4.79 Å². The quantitative estimate of drug-likeness (QED) is 0.510. The van der Waals surface area contributed by atoms with Crippen molar-refractivity contribution in [3.05, 3.63) is 35.4 Å². The molecule has 1 amide bonds. The van der Waals surface area contributed by atoms with Gasteiger partial charge in [-0.05, 0) is 44.4 Å². The van der Waals surface area contributed by atoms with Gasteiger partial charge in [0, 0.05) is 24.7 Å². The third-order valence-electron chi connectivity index (χ3n) is 3.49. The first-order chi connectivity index (χ1) is 11.1. The van der Waals surface area contributed by atoms with Gasteiger partial charge in [0.05, 0.1) is 6.54 Å². The van der Waals surface area contributed by atoms with Crippen molar-refractivity contribution in [3.63, 3.8) is 0 Å². The molecule has 128 valence electrons. The second kappa shape index (κ2) is 10.6. The number of aliphatic imine (C=N–C) groups is 1. The van der Waals surface area contributed by atoms with Crippen LogP contribution in [0.3, 0.4) is 0 Å². The molecule has 23 heavy (non-hydrogen) atoms. The van der Waals surface area contributed by atoms with E-state index in [1.54, 1.807) is 0 Å². The molecule has 3 N–H and O–H groups in total. The maximum atomic E-state index is 12.2. The van der Waals surface area contributed by atoms with Gasteiger partial charge in [0.2, 0.25) is 0 Å².